The van der Waals surface area contributed by atoms with E-state index in [-0.39, 0.29) is 0 Å². The summed E-state index contributed by atoms with van der Waals surface area (Å²) in [7, 11) is 0. The number of carboxylic acid groups (broad SMARTS) is 1. The summed E-state index contributed by atoms with van der Waals surface area (Å²) >= 11 is 0. The van der Waals surface area contributed by atoms with E-state index in [2.05, 4.69) is 4.90 Å². The van der Waals surface area contributed by atoms with Crippen molar-refractivity contribution >= 4 is 5.97 Å². The average Bonchev–Trinajstić information content (AvgIpc) is 3.04. The highest BCUT2D eigenvalue weighted by molar-refractivity contribution is 5.66. The summed E-state index contributed by atoms with van der Waals surface area (Å²) in [5, 5.41) is 8.84. The maximum Gasteiger partial charge on any atom is 0.304 e. The summed E-state index contributed by atoms with van der Waals surface area (Å²) < 4.78 is 0. The first-order chi connectivity index (χ1) is 8.27. The summed E-state index contributed by atoms with van der Waals surface area (Å²) in [5.41, 5.74) is 0. The van der Waals surface area contributed by atoms with Crippen molar-refractivity contribution in [1.29, 1.82) is 0 Å². The van der Waals surface area contributed by atoms with Crippen LogP contribution in [-0.4, -0.2) is 34.6 Å². The Morgan fingerprint density at radius 2 is 1.47 bits per heavy atom. The third-order valence-electron chi connectivity index (χ3n) is 4.14. The first kappa shape index (κ1) is 12.9. The van der Waals surface area contributed by atoms with Gasteiger partial charge in [0, 0.05) is 18.6 Å². The molecule has 17 heavy (non-hydrogen) atoms. The van der Waals surface area contributed by atoms with Crippen molar-refractivity contribution in [3.8, 4) is 0 Å². The topological polar surface area (TPSA) is 40.5 Å². The fourth-order valence-electron chi connectivity index (χ4n) is 3.06. The van der Waals surface area contributed by atoms with Gasteiger partial charge in [-0.2, -0.15) is 0 Å². The quantitative estimate of drug-likeness (QED) is 0.801. The van der Waals surface area contributed by atoms with Gasteiger partial charge in [0.25, 0.3) is 0 Å². The van der Waals surface area contributed by atoms with E-state index in [1.807, 2.05) is 0 Å². The van der Waals surface area contributed by atoms with Gasteiger partial charge in [0.2, 0.25) is 0 Å². The molecule has 0 aromatic carbocycles. The van der Waals surface area contributed by atoms with Crippen LogP contribution in [0.1, 0.15) is 64.2 Å². The van der Waals surface area contributed by atoms with Crippen LogP contribution in [0.25, 0.3) is 0 Å². The van der Waals surface area contributed by atoms with Crippen molar-refractivity contribution in [2.75, 3.05) is 6.54 Å². The summed E-state index contributed by atoms with van der Waals surface area (Å²) in [6, 6.07) is 1.38. The van der Waals surface area contributed by atoms with Crippen LogP contribution < -0.4 is 0 Å². The zero-order valence-electron chi connectivity index (χ0n) is 10.7. The minimum atomic E-state index is -0.651. The lowest BCUT2D eigenvalue weighted by Gasteiger charge is -2.32. The molecule has 2 aliphatic carbocycles. The predicted octanol–water partition coefficient (Wildman–Crippen LogP) is 3.04. The highest BCUT2D eigenvalue weighted by Gasteiger charge is 2.33. The Bertz CT molecular complexity index is 243. The maximum absolute atomic E-state index is 10.7. The van der Waals surface area contributed by atoms with Gasteiger partial charge >= 0.3 is 5.97 Å². The number of hydrogen-bond acceptors (Lipinski definition) is 2. The minimum absolute atomic E-state index is 0.312. The van der Waals surface area contributed by atoms with Crippen molar-refractivity contribution < 1.29 is 9.90 Å². The van der Waals surface area contributed by atoms with Crippen molar-refractivity contribution in [3.05, 3.63) is 0 Å². The van der Waals surface area contributed by atoms with Crippen molar-refractivity contribution in [2.45, 2.75) is 76.3 Å². The van der Waals surface area contributed by atoms with Crippen LogP contribution >= 0.6 is 0 Å². The van der Waals surface area contributed by atoms with Gasteiger partial charge in [-0.15, -0.1) is 0 Å². The van der Waals surface area contributed by atoms with Crippen molar-refractivity contribution in [3.63, 3.8) is 0 Å². The Morgan fingerprint density at radius 3 is 2.00 bits per heavy atom. The summed E-state index contributed by atoms with van der Waals surface area (Å²) in [4.78, 5) is 13.2. The lowest BCUT2D eigenvalue weighted by molar-refractivity contribution is -0.137. The molecule has 1 N–H and O–H groups in total. The second-order valence-corrected chi connectivity index (χ2v) is 5.61. The molecule has 0 aromatic heterocycles. The lowest BCUT2D eigenvalue weighted by Crippen LogP contribution is -2.39. The molecule has 2 rings (SSSR count). The molecule has 0 radical (unpaired) electrons. The minimum Gasteiger partial charge on any atom is -0.481 e. The fourth-order valence-corrected chi connectivity index (χ4v) is 3.06. The number of aliphatic carboxylic acids is 1. The largest absolute Gasteiger partial charge is 0.481 e. The van der Waals surface area contributed by atoms with Gasteiger partial charge in [-0.1, -0.05) is 32.1 Å². The van der Waals surface area contributed by atoms with Gasteiger partial charge in [-0.25, -0.2) is 0 Å². The molecule has 98 valence electrons. The van der Waals surface area contributed by atoms with Crippen LogP contribution in [0.15, 0.2) is 0 Å². The van der Waals surface area contributed by atoms with Crippen LogP contribution in [-0.2, 0) is 4.79 Å². The van der Waals surface area contributed by atoms with E-state index in [1.54, 1.807) is 0 Å². The summed E-state index contributed by atoms with van der Waals surface area (Å²) in [6.45, 7) is 0.769. The van der Waals surface area contributed by atoms with E-state index in [0.717, 1.165) is 6.54 Å². The first-order valence-corrected chi connectivity index (χ1v) is 7.25. The summed E-state index contributed by atoms with van der Waals surface area (Å²) in [6.07, 6.45) is 12.3. The van der Waals surface area contributed by atoms with E-state index in [4.69, 9.17) is 5.11 Å². The first-order valence-electron chi connectivity index (χ1n) is 7.25. The molecule has 2 fully saturated rings. The Balaban J connectivity index is 1.86. The van der Waals surface area contributed by atoms with E-state index < -0.39 is 5.97 Å². The molecule has 0 bridgehead atoms. The molecule has 3 nitrogen and oxygen atoms in total. The number of hydrogen-bond donors (Lipinski definition) is 1. The predicted molar refractivity (Wildman–Crippen MR) is 68.1 cm³/mol. The fraction of sp³-hybridized carbons (Fsp3) is 0.929. The Labute approximate surface area is 104 Å². The Hall–Kier alpha value is -0.570. The molecule has 0 unspecified atom stereocenters. The van der Waals surface area contributed by atoms with Gasteiger partial charge in [-0.3, -0.25) is 9.69 Å². The molecule has 3 heteroatoms. The molecule has 0 aromatic rings. The maximum atomic E-state index is 10.7. The highest BCUT2D eigenvalue weighted by Crippen LogP contribution is 2.32. The van der Waals surface area contributed by atoms with Gasteiger partial charge in [-0.05, 0) is 25.7 Å². The standard InChI is InChI=1S/C14H25NO2/c16-14(17)10-11-15(13-8-9-13)12-6-4-2-1-3-5-7-12/h12-13H,1-11H2,(H,16,17). The third-order valence-corrected chi connectivity index (χ3v) is 4.14. The molecular weight excluding hydrogens is 214 g/mol. The van der Waals surface area contributed by atoms with Gasteiger partial charge < -0.3 is 5.11 Å². The number of carboxylic acids is 1. The van der Waals surface area contributed by atoms with Crippen LogP contribution in [0.2, 0.25) is 0 Å². The second kappa shape index (κ2) is 6.39. The average molecular weight is 239 g/mol. The number of carbonyl (C=O) groups is 1. The Kier molecular flexibility index (Phi) is 4.84. The van der Waals surface area contributed by atoms with E-state index in [0.29, 0.717) is 18.5 Å². The molecule has 0 spiro atoms. The van der Waals surface area contributed by atoms with Crippen molar-refractivity contribution in [1.82, 2.24) is 4.90 Å². The highest BCUT2D eigenvalue weighted by atomic mass is 16.4. The molecule has 0 atom stereocenters. The van der Waals surface area contributed by atoms with Gasteiger partial charge in [0.1, 0.15) is 0 Å². The molecular formula is C14H25NO2. The third kappa shape index (κ3) is 4.30. The van der Waals surface area contributed by atoms with Crippen molar-refractivity contribution in [2.24, 2.45) is 0 Å². The smallest absolute Gasteiger partial charge is 0.304 e. The van der Waals surface area contributed by atoms with Crippen LogP contribution in [0.5, 0.6) is 0 Å². The Morgan fingerprint density at radius 1 is 0.941 bits per heavy atom. The molecule has 0 saturated heterocycles. The summed E-state index contributed by atoms with van der Waals surface area (Å²) in [5.74, 6) is -0.651. The van der Waals surface area contributed by atoms with Crippen LogP contribution in [0.3, 0.4) is 0 Å². The number of rotatable bonds is 5. The van der Waals surface area contributed by atoms with E-state index >= 15 is 0 Å². The monoisotopic (exact) mass is 239 g/mol. The van der Waals surface area contributed by atoms with Crippen LogP contribution in [0.4, 0.5) is 0 Å². The zero-order valence-corrected chi connectivity index (χ0v) is 10.7. The molecule has 0 heterocycles. The molecule has 2 aliphatic rings. The van der Waals surface area contributed by atoms with Crippen LogP contribution in [0, 0.1) is 0 Å². The van der Waals surface area contributed by atoms with E-state index in [1.165, 1.54) is 57.8 Å². The van der Waals surface area contributed by atoms with Gasteiger partial charge in [0.05, 0.1) is 6.42 Å². The zero-order chi connectivity index (χ0) is 12.1. The molecule has 0 amide bonds. The normalized spacial score (nSPS) is 23.4. The van der Waals surface area contributed by atoms with E-state index in [9.17, 15) is 4.79 Å². The van der Waals surface area contributed by atoms with Gasteiger partial charge in [0.15, 0.2) is 0 Å². The SMILES string of the molecule is O=C(O)CCN(C1CCCCCCC1)C1CC1. The number of nitrogens with zero attached hydrogens (tertiary/aromatic N) is 1. The molecule has 0 aliphatic heterocycles. The lowest BCUT2D eigenvalue weighted by atomic mass is 9.95. The molecule has 2 saturated carbocycles. The second-order valence-electron chi connectivity index (χ2n) is 5.61.